The molecule has 1 saturated heterocycles. The number of carbonyl (C=O) groups is 1. The number of ether oxygens (including phenoxy) is 1. The summed E-state index contributed by atoms with van der Waals surface area (Å²) in [7, 11) is -0.606. The fourth-order valence-corrected chi connectivity index (χ4v) is 3.38. The van der Waals surface area contributed by atoms with Crippen molar-refractivity contribution in [3.63, 3.8) is 0 Å². The van der Waals surface area contributed by atoms with Gasteiger partial charge in [0, 0.05) is 34.4 Å². The molecule has 1 fully saturated rings. The lowest BCUT2D eigenvalue weighted by atomic mass is 10.1. The molecule has 1 atom stereocenters. The molecule has 0 aromatic rings. The maximum absolute atomic E-state index is 11.6. The van der Waals surface area contributed by atoms with E-state index in [4.69, 9.17) is 4.74 Å². The van der Waals surface area contributed by atoms with Crippen molar-refractivity contribution in [2.24, 2.45) is 0 Å². The predicted octanol–water partition coefficient (Wildman–Crippen LogP) is 1.79. The maximum atomic E-state index is 11.6. The van der Waals surface area contributed by atoms with Gasteiger partial charge in [0.15, 0.2) is 0 Å². The van der Waals surface area contributed by atoms with Crippen LogP contribution in [0.1, 0.15) is 47.0 Å². The van der Waals surface area contributed by atoms with Crippen LogP contribution in [0.5, 0.6) is 0 Å². The van der Waals surface area contributed by atoms with Crippen LogP contribution >= 0.6 is 0 Å². The Hall–Kier alpha value is -0.620. The highest BCUT2D eigenvalue weighted by Gasteiger charge is 2.19. The summed E-state index contributed by atoms with van der Waals surface area (Å²) in [4.78, 5) is 11.6. The molecule has 2 N–H and O–H groups in total. The molecule has 0 bridgehead atoms. The topological polar surface area (TPSA) is 67.4 Å². The quantitative estimate of drug-likeness (QED) is 0.812. The van der Waals surface area contributed by atoms with Crippen LogP contribution in [0.2, 0.25) is 0 Å². The van der Waals surface area contributed by atoms with Crippen molar-refractivity contribution in [2.75, 3.05) is 18.1 Å². The van der Waals surface area contributed by atoms with Gasteiger partial charge in [-0.3, -0.25) is 4.21 Å². The van der Waals surface area contributed by atoms with E-state index < -0.39 is 16.4 Å². The molecular formula is C14H28N2O3S. The fraction of sp³-hybridized carbons (Fsp3) is 0.929. The smallest absolute Gasteiger partial charge is 0.407 e. The first-order chi connectivity index (χ1) is 9.26. The third-order valence-electron chi connectivity index (χ3n) is 3.16. The predicted molar refractivity (Wildman–Crippen MR) is 82.3 cm³/mol. The van der Waals surface area contributed by atoms with Gasteiger partial charge in [0.2, 0.25) is 0 Å². The van der Waals surface area contributed by atoms with Gasteiger partial charge in [-0.1, -0.05) is 0 Å². The van der Waals surface area contributed by atoms with Gasteiger partial charge in [-0.2, -0.15) is 0 Å². The number of hydrogen-bond donors (Lipinski definition) is 2. The second kappa shape index (κ2) is 7.98. The summed E-state index contributed by atoms with van der Waals surface area (Å²) < 4.78 is 16.5. The second-order valence-electron chi connectivity index (χ2n) is 6.41. The van der Waals surface area contributed by atoms with Crippen LogP contribution in [0.4, 0.5) is 4.79 Å². The minimum absolute atomic E-state index is 0.0788. The summed E-state index contributed by atoms with van der Waals surface area (Å²) in [5, 5.41) is 6.30. The van der Waals surface area contributed by atoms with Crippen molar-refractivity contribution < 1.29 is 13.7 Å². The highest BCUT2D eigenvalue weighted by molar-refractivity contribution is 7.85. The van der Waals surface area contributed by atoms with Crippen molar-refractivity contribution in [1.82, 2.24) is 10.6 Å². The Morgan fingerprint density at radius 2 is 1.95 bits per heavy atom. The van der Waals surface area contributed by atoms with Crippen molar-refractivity contribution in [3.8, 4) is 0 Å². The van der Waals surface area contributed by atoms with Crippen molar-refractivity contribution >= 4 is 16.9 Å². The third kappa shape index (κ3) is 7.85. The first-order valence-corrected chi connectivity index (χ1v) is 8.83. The van der Waals surface area contributed by atoms with Crippen LogP contribution in [0.15, 0.2) is 0 Å². The normalized spacial score (nSPS) is 25.0. The Morgan fingerprint density at radius 1 is 1.35 bits per heavy atom. The number of nitrogens with one attached hydrogen (secondary N) is 2. The Bertz CT molecular complexity index is 332. The van der Waals surface area contributed by atoms with E-state index in [1.165, 1.54) is 0 Å². The van der Waals surface area contributed by atoms with Gasteiger partial charge in [0.25, 0.3) is 0 Å². The lowest BCUT2D eigenvalue weighted by Gasteiger charge is -2.24. The molecule has 1 aliphatic rings. The second-order valence-corrected chi connectivity index (χ2v) is 8.11. The van der Waals surface area contributed by atoms with Gasteiger partial charge in [-0.15, -0.1) is 0 Å². The molecule has 20 heavy (non-hydrogen) atoms. The monoisotopic (exact) mass is 304 g/mol. The molecule has 1 amide bonds. The van der Waals surface area contributed by atoms with Gasteiger partial charge in [0.05, 0.1) is 0 Å². The SMILES string of the molecule is CC(CCNC1CCS(=O)CC1)NC(=O)OC(C)(C)C. The van der Waals surface area contributed by atoms with Gasteiger partial charge in [0.1, 0.15) is 5.60 Å². The molecule has 5 nitrogen and oxygen atoms in total. The summed E-state index contributed by atoms with van der Waals surface area (Å²) in [5.74, 6) is 1.62. The van der Waals surface area contributed by atoms with Crippen LogP contribution in [0, 0.1) is 0 Å². The molecule has 0 spiro atoms. The summed E-state index contributed by atoms with van der Waals surface area (Å²) in [6, 6.07) is 0.552. The van der Waals surface area contributed by atoms with E-state index in [9.17, 15) is 9.00 Å². The van der Waals surface area contributed by atoms with E-state index >= 15 is 0 Å². The lowest BCUT2D eigenvalue weighted by Crippen LogP contribution is -2.41. The Balaban J connectivity index is 2.12. The lowest BCUT2D eigenvalue weighted by molar-refractivity contribution is 0.0506. The molecule has 1 rings (SSSR count). The van der Waals surface area contributed by atoms with Gasteiger partial charge in [-0.05, 0) is 53.5 Å². The molecule has 0 aliphatic carbocycles. The van der Waals surface area contributed by atoms with Crippen LogP contribution in [0.25, 0.3) is 0 Å². The van der Waals surface area contributed by atoms with E-state index in [0.29, 0.717) is 6.04 Å². The van der Waals surface area contributed by atoms with E-state index in [2.05, 4.69) is 10.6 Å². The zero-order valence-electron chi connectivity index (χ0n) is 13.0. The minimum Gasteiger partial charge on any atom is -0.444 e. The highest BCUT2D eigenvalue weighted by atomic mass is 32.2. The van der Waals surface area contributed by atoms with Gasteiger partial charge < -0.3 is 15.4 Å². The number of carbonyl (C=O) groups excluding carboxylic acids is 1. The van der Waals surface area contributed by atoms with Gasteiger partial charge in [-0.25, -0.2) is 4.79 Å². The summed E-state index contributed by atoms with van der Waals surface area (Å²) in [6.07, 6.45) is 2.47. The molecular weight excluding hydrogens is 276 g/mol. The van der Waals surface area contributed by atoms with Crippen LogP contribution in [-0.4, -0.2) is 46.0 Å². The highest BCUT2D eigenvalue weighted by Crippen LogP contribution is 2.09. The van der Waals surface area contributed by atoms with E-state index in [-0.39, 0.29) is 12.1 Å². The average Bonchev–Trinajstić information content (AvgIpc) is 2.29. The largest absolute Gasteiger partial charge is 0.444 e. The molecule has 118 valence electrons. The van der Waals surface area contributed by atoms with Crippen molar-refractivity contribution in [3.05, 3.63) is 0 Å². The standard InChI is InChI=1S/C14H28N2O3S/c1-11(16-13(17)19-14(2,3)4)5-8-15-12-6-9-20(18)10-7-12/h11-12,15H,5-10H2,1-4H3,(H,16,17). The zero-order chi connectivity index (χ0) is 15.2. The van der Waals surface area contributed by atoms with Crippen LogP contribution in [0.3, 0.4) is 0 Å². The maximum Gasteiger partial charge on any atom is 0.407 e. The molecule has 0 radical (unpaired) electrons. The van der Waals surface area contributed by atoms with E-state index in [0.717, 1.165) is 37.3 Å². The Morgan fingerprint density at radius 3 is 2.50 bits per heavy atom. The zero-order valence-corrected chi connectivity index (χ0v) is 13.8. The Kier molecular flexibility index (Phi) is 6.95. The molecule has 1 aliphatic heterocycles. The van der Waals surface area contributed by atoms with Crippen LogP contribution in [-0.2, 0) is 15.5 Å². The summed E-state index contributed by atoms with van der Waals surface area (Å²) >= 11 is 0. The first kappa shape index (κ1) is 17.4. The number of rotatable bonds is 5. The fourth-order valence-electron chi connectivity index (χ4n) is 2.08. The van der Waals surface area contributed by atoms with E-state index in [1.54, 1.807) is 0 Å². The first-order valence-electron chi connectivity index (χ1n) is 7.34. The Labute approximate surface area is 124 Å². The number of amides is 1. The van der Waals surface area contributed by atoms with Gasteiger partial charge >= 0.3 is 6.09 Å². The average molecular weight is 304 g/mol. The van der Waals surface area contributed by atoms with Crippen LogP contribution < -0.4 is 10.6 Å². The van der Waals surface area contributed by atoms with E-state index in [1.807, 2.05) is 27.7 Å². The number of alkyl carbamates (subject to hydrolysis) is 1. The van der Waals surface area contributed by atoms with Crippen molar-refractivity contribution in [2.45, 2.75) is 64.6 Å². The van der Waals surface area contributed by atoms with Crippen molar-refractivity contribution in [1.29, 1.82) is 0 Å². The minimum atomic E-state index is -0.606. The summed E-state index contributed by atoms with van der Waals surface area (Å²) in [5.41, 5.74) is -0.459. The summed E-state index contributed by atoms with van der Waals surface area (Å²) in [6.45, 7) is 8.39. The number of hydrogen-bond acceptors (Lipinski definition) is 4. The third-order valence-corrected chi connectivity index (χ3v) is 4.54. The molecule has 0 saturated carbocycles. The molecule has 6 heteroatoms. The molecule has 0 aromatic carbocycles. The molecule has 1 unspecified atom stereocenters. The molecule has 1 heterocycles. The molecule has 0 aromatic heterocycles.